The lowest BCUT2D eigenvalue weighted by atomic mass is 10.2. The van der Waals surface area contributed by atoms with Crippen LogP contribution in [-0.4, -0.2) is 5.84 Å². The topological polar surface area (TPSA) is 59.1 Å². The zero-order valence-electron chi connectivity index (χ0n) is 9.58. The molecule has 0 fully saturated rings. The number of amidine groups is 1. The highest BCUT2D eigenvalue weighted by atomic mass is 79.9. The lowest BCUT2D eigenvalue weighted by molar-refractivity contribution is 0.481. The van der Waals surface area contributed by atoms with Gasteiger partial charge >= 0.3 is 0 Å². The maximum atomic E-state index is 7.52. The minimum Gasteiger partial charge on any atom is -0.457 e. The van der Waals surface area contributed by atoms with Crippen molar-refractivity contribution in [2.24, 2.45) is 5.73 Å². The van der Waals surface area contributed by atoms with Gasteiger partial charge in [-0.1, -0.05) is 39.1 Å². The average molecular weight is 360 g/mol. The van der Waals surface area contributed by atoms with Crippen molar-refractivity contribution in [3.05, 3.63) is 56.5 Å². The van der Waals surface area contributed by atoms with Gasteiger partial charge in [-0.3, -0.25) is 5.41 Å². The highest BCUT2D eigenvalue weighted by molar-refractivity contribution is 9.10. The van der Waals surface area contributed by atoms with Gasteiger partial charge in [0.15, 0.2) is 0 Å². The molecule has 0 radical (unpaired) electrons. The number of nitrogens with one attached hydrogen (secondary N) is 1. The molecule has 2 rings (SSSR count). The summed E-state index contributed by atoms with van der Waals surface area (Å²) in [6.45, 7) is 0. The normalized spacial score (nSPS) is 10.3. The van der Waals surface area contributed by atoms with Crippen LogP contribution in [0.4, 0.5) is 0 Å². The summed E-state index contributed by atoms with van der Waals surface area (Å²) in [7, 11) is 0. The predicted octanol–water partition coefficient (Wildman–Crippen LogP) is 4.83. The quantitative estimate of drug-likeness (QED) is 0.608. The van der Waals surface area contributed by atoms with Crippen LogP contribution < -0.4 is 10.5 Å². The third-order valence-corrected chi connectivity index (χ3v) is 3.58. The second-order valence-corrected chi connectivity index (χ2v) is 5.46. The van der Waals surface area contributed by atoms with Crippen molar-refractivity contribution in [3.63, 3.8) is 0 Å². The summed E-state index contributed by atoms with van der Waals surface area (Å²) in [4.78, 5) is 0. The van der Waals surface area contributed by atoms with Crippen LogP contribution in [0.2, 0.25) is 10.0 Å². The van der Waals surface area contributed by atoms with Gasteiger partial charge < -0.3 is 10.5 Å². The Kier molecular flexibility index (Phi) is 4.34. The number of hydrogen-bond donors (Lipinski definition) is 2. The summed E-state index contributed by atoms with van der Waals surface area (Å²) in [5.41, 5.74) is 6.02. The van der Waals surface area contributed by atoms with E-state index in [1.165, 1.54) is 0 Å². The molecule has 0 atom stereocenters. The number of benzene rings is 2. The van der Waals surface area contributed by atoms with E-state index in [-0.39, 0.29) is 5.84 Å². The second-order valence-electron chi connectivity index (χ2n) is 3.73. The molecule has 2 aromatic carbocycles. The van der Waals surface area contributed by atoms with Crippen molar-refractivity contribution in [2.75, 3.05) is 0 Å². The molecule has 0 aliphatic heterocycles. The molecule has 3 nitrogen and oxygen atoms in total. The van der Waals surface area contributed by atoms with Gasteiger partial charge in [-0.05, 0) is 30.3 Å². The largest absolute Gasteiger partial charge is 0.457 e. The lowest BCUT2D eigenvalue weighted by Crippen LogP contribution is -2.12. The second kappa shape index (κ2) is 5.82. The number of nitrogens with two attached hydrogens (primary N) is 1. The third kappa shape index (κ3) is 3.41. The molecule has 0 saturated carbocycles. The van der Waals surface area contributed by atoms with Crippen LogP contribution in [0.1, 0.15) is 5.56 Å². The van der Waals surface area contributed by atoms with E-state index in [1.54, 1.807) is 36.4 Å². The van der Waals surface area contributed by atoms with Gasteiger partial charge in [-0.15, -0.1) is 0 Å². The first-order valence-electron chi connectivity index (χ1n) is 5.24. The van der Waals surface area contributed by atoms with Gasteiger partial charge in [0, 0.05) is 10.5 Å². The first-order chi connectivity index (χ1) is 8.97. The fourth-order valence-electron chi connectivity index (χ4n) is 1.47. The summed E-state index contributed by atoms with van der Waals surface area (Å²) in [6, 6.07) is 10.2. The molecule has 0 heterocycles. The highest BCUT2D eigenvalue weighted by Gasteiger charge is 2.09. The zero-order valence-corrected chi connectivity index (χ0v) is 12.7. The molecular weight excluding hydrogens is 351 g/mol. The minimum absolute atomic E-state index is 0.0671. The SMILES string of the molecule is N=C(N)c1ccc(Br)cc1Oc1ccc(Cl)c(Cl)c1. The van der Waals surface area contributed by atoms with E-state index in [2.05, 4.69) is 15.9 Å². The van der Waals surface area contributed by atoms with Crippen molar-refractivity contribution in [1.29, 1.82) is 5.41 Å². The van der Waals surface area contributed by atoms with Crippen molar-refractivity contribution >= 4 is 45.0 Å². The van der Waals surface area contributed by atoms with E-state index in [0.29, 0.717) is 27.1 Å². The third-order valence-electron chi connectivity index (χ3n) is 2.35. The number of halogens is 3. The Bertz CT molecular complexity index is 647. The minimum atomic E-state index is -0.0671. The average Bonchev–Trinajstić information content (AvgIpc) is 2.33. The molecule has 98 valence electrons. The number of hydrogen-bond acceptors (Lipinski definition) is 2. The van der Waals surface area contributed by atoms with Gasteiger partial charge in [-0.25, -0.2) is 0 Å². The van der Waals surface area contributed by atoms with Gasteiger partial charge in [-0.2, -0.15) is 0 Å². The molecule has 0 aliphatic rings. The first kappa shape index (κ1) is 14.2. The van der Waals surface area contributed by atoms with Crippen LogP contribution >= 0.6 is 39.1 Å². The van der Waals surface area contributed by atoms with E-state index in [0.717, 1.165) is 4.47 Å². The Labute approximate surface area is 128 Å². The number of nitrogen functional groups attached to an aromatic ring is 1. The molecule has 0 aliphatic carbocycles. The molecule has 0 spiro atoms. The van der Waals surface area contributed by atoms with Gasteiger partial charge in [0.25, 0.3) is 0 Å². The summed E-state index contributed by atoms with van der Waals surface area (Å²) in [5.74, 6) is 0.929. The van der Waals surface area contributed by atoms with Crippen molar-refractivity contribution in [1.82, 2.24) is 0 Å². The summed E-state index contributed by atoms with van der Waals surface area (Å²) >= 11 is 15.1. The maximum absolute atomic E-state index is 7.52. The van der Waals surface area contributed by atoms with E-state index < -0.39 is 0 Å². The maximum Gasteiger partial charge on any atom is 0.139 e. The summed E-state index contributed by atoms with van der Waals surface area (Å²) in [5, 5.41) is 8.38. The Morgan fingerprint density at radius 2 is 1.84 bits per heavy atom. The predicted molar refractivity (Wildman–Crippen MR) is 81.7 cm³/mol. The molecule has 19 heavy (non-hydrogen) atoms. The lowest BCUT2D eigenvalue weighted by Gasteiger charge is -2.11. The Morgan fingerprint density at radius 3 is 2.47 bits per heavy atom. The van der Waals surface area contributed by atoms with Crippen LogP contribution in [0.3, 0.4) is 0 Å². The van der Waals surface area contributed by atoms with E-state index >= 15 is 0 Å². The Hall–Kier alpha value is -1.23. The molecule has 3 N–H and O–H groups in total. The fourth-order valence-corrected chi connectivity index (χ4v) is 2.10. The molecule has 0 aromatic heterocycles. The highest BCUT2D eigenvalue weighted by Crippen LogP contribution is 2.32. The molecule has 0 bridgehead atoms. The Balaban J connectivity index is 2.39. The smallest absolute Gasteiger partial charge is 0.139 e. The van der Waals surface area contributed by atoms with Crippen molar-refractivity contribution in [3.8, 4) is 11.5 Å². The molecule has 0 saturated heterocycles. The fraction of sp³-hybridized carbons (Fsp3) is 0. The van der Waals surface area contributed by atoms with Crippen LogP contribution in [0.5, 0.6) is 11.5 Å². The van der Waals surface area contributed by atoms with Crippen molar-refractivity contribution in [2.45, 2.75) is 0 Å². The van der Waals surface area contributed by atoms with Crippen molar-refractivity contribution < 1.29 is 4.74 Å². The van der Waals surface area contributed by atoms with Crippen LogP contribution in [-0.2, 0) is 0 Å². The van der Waals surface area contributed by atoms with E-state index in [9.17, 15) is 0 Å². The summed E-state index contributed by atoms with van der Waals surface area (Å²) in [6.07, 6.45) is 0. The number of rotatable bonds is 3. The monoisotopic (exact) mass is 358 g/mol. The Morgan fingerprint density at radius 1 is 1.11 bits per heavy atom. The van der Waals surface area contributed by atoms with E-state index in [4.69, 9.17) is 39.1 Å². The van der Waals surface area contributed by atoms with Gasteiger partial charge in [0.05, 0.1) is 15.6 Å². The molecule has 6 heteroatoms. The van der Waals surface area contributed by atoms with E-state index in [1.807, 2.05) is 0 Å². The zero-order chi connectivity index (χ0) is 14.0. The van der Waals surface area contributed by atoms with Crippen LogP contribution in [0.15, 0.2) is 40.9 Å². The molecule has 0 unspecified atom stereocenters. The molecule has 0 amide bonds. The van der Waals surface area contributed by atoms with Crippen LogP contribution in [0.25, 0.3) is 0 Å². The summed E-state index contributed by atoms with van der Waals surface area (Å²) < 4.78 is 6.52. The number of ether oxygens (including phenoxy) is 1. The first-order valence-corrected chi connectivity index (χ1v) is 6.79. The van der Waals surface area contributed by atoms with Gasteiger partial charge in [0.2, 0.25) is 0 Å². The van der Waals surface area contributed by atoms with Crippen LogP contribution in [0, 0.1) is 5.41 Å². The molecular formula is C13H9BrCl2N2O. The standard InChI is InChI=1S/C13H9BrCl2N2O/c14-7-1-3-9(13(17)18)12(5-7)19-8-2-4-10(15)11(16)6-8/h1-6H,(H3,17,18). The van der Waals surface area contributed by atoms with Gasteiger partial charge in [0.1, 0.15) is 17.3 Å². The molecule has 2 aromatic rings.